The summed E-state index contributed by atoms with van der Waals surface area (Å²) in [5.41, 5.74) is 3.58. The van der Waals surface area contributed by atoms with Crippen LogP contribution in [-0.2, 0) is 6.42 Å². The molecule has 0 amide bonds. The summed E-state index contributed by atoms with van der Waals surface area (Å²) in [6, 6.07) is 17.2. The Balaban J connectivity index is 1.34. The van der Waals surface area contributed by atoms with Gasteiger partial charge in [0, 0.05) is 25.5 Å². The van der Waals surface area contributed by atoms with E-state index in [1.165, 1.54) is 29.7 Å². The number of piperidine rings is 1. The van der Waals surface area contributed by atoms with Crippen molar-refractivity contribution in [1.82, 2.24) is 14.6 Å². The molecule has 1 aliphatic heterocycles. The minimum Gasteiger partial charge on any atom is -0.355 e. The zero-order valence-electron chi connectivity index (χ0n) is 15.2. The second-order valence-corrected chi connectivity index (χ2v) is 8.16. The maximum atomic E-state index is 4.74. The van der Waals surface area contributed by atoms with Gasteiger partial charge in [0.25, 0.3) is 0 Å². The van der Waals surface area contributed by atoms with E-state index in [1.54, 1.807) is 11.3 Å². The van der Waals surface area contributed by atoms with Crippen LogP contribution in [0.4, 0.5) is 5.82 Å². The van der Waals surface area contributed by atoms with Crippen molar-refractivity contribution in [2.45, 2.75) is 19.3 Å². The summed E-state index contributed by atoms with van der Waals surface area (Å²) in [5, 5.41) is 6.84. The Hall–Kier alpha value is -2.66. The van der Waals surface area contributed by atoms with E-state index in [1.807, 2.05) is 16.9 Å². The highest BCUT2D eigenvalue weighted by Gasteiger charge is 2.22. The molecule has 0 N–H and O–H groups in total. The summed E-state index contributed by atoms with van der Waals surface area (Å²) in [6.07, 6.45) is 7.41. The fourth-order valence-corrected chi connectivity index (χ4v) is 4.67. The average Bonchev–Trinajstić information content (AvgIpc) is 3.39. The fraction of sp³-hybridized carbons (Fsp3) is 0.273. The van der Waals surface area contributed by atoms with Gasteiger partial charge in [-0.25, -0.2) is 9.50 Å². The van der Waals surface area contributed by atoms with Crippen molar-refractivity contribution in [2.75, 3.05) is 18.0 Å². The molecule has 0 spiro atoms. The third-order valence-electron chi connectivity index (χ3n) is 5.42. The molecule has 0 unspecified atom stereocenters. The number of fused-ring (bicyclic) bond motifs is 1. The SMILES string of the molecule is c1ccc(CC2CCN(c3nccn4nc(-c5cccs5)cc34)CC2)cc1. The first-order chi connectivity index (χ1) is 13.4. The summed E-state index contributed by atoms with van der Waals surface area (Å²) < 4.78 is 1.97. The molecule has 4 heterocycles. The predicted octanol–water partition coefficient (Wildman–Crippen LogP) is 4.92. The lowest BCUT2D eigenvalue weighted by molar-refractivity contribution is 0.402. The molecule has 4 aromatic rings. The van der Waals surface area contributed by atoms with E-state index in [2.05, 4.69) is 58.8 Å². The van der Waals surface area contributed by atoms with Gasteiger partial charge in [-0.15, -0.1) is 11.3 Å². The topological polar surface area (TPSA) is 33.4 Å². The van der Waals surface area contributed by atoms with E-state index in [9.17, 15) is 0 Å². The van der Waals surface area contributed by atoms with E-state index >= 15 is 0 Å². The van der Waals surface area contributed by atoms with Crippen LogP contribution in [0.15, 0.2) is 66.3 Å². The van der Waals surface area contributed by atoms with Crippen LogP contribution < -0.4 is 4.90 Å². The molecule has 1 fully saturated rings. The smallest absolute Gasteiger partial charge is 0.154 e. The van der Waals surface area contributed by atoms with Gasteiger partial charge in [0.2, 0.25) is 0 Å². The number of rotatable bonds is 4. The fourth-order valence-electron chi connectivity index (χ4n) is 3.99. The van der Waals surface area contributed by atoms with Gasteiger partial charge < -0.3 is 4.90 Å². The minimum absolute atomic E-state index is 0.759. The molecule has 1 aliphatic rings. The number of nitrogens with zero attached hydrogens (tertiary/aromatic N) is 4. The van der Waals surface area contributed by atoms with Gasteiger partial charge in [-0.2, -0.15) is 5.10 Å². The van der Waals surface area contributed by atoms with Gasteiger partial charge in [-0.3, -0.25) is 0 Å². The Labute approximate surface area is 163 Å². The predicted molar refractivity (Wildman–Crippen MR) is 111 cm³/mol. The first-order valence-electron chi connectivity index (χ1n) is 9.54. The summed E-state index contributed by atoms with van der Waals surface area (Å²) in [6.45, 7) is 2.12. The van der Waals surface area contributed by atoms with Crippen LogP contribution in [0.3, 0.4) is 0 Å². The van der Waals surface area contributed by atoms with E-state index in [0.717, 1.165) is 36.0 Å². The second kappa shape index (κ2) is 7.16. The van der Waals surface area contributed by atoms with Gasteiger partial charge >= 0.3 is 0 Å². The number of benzene rings is 1. The second-order valence-electron chi connectivity index (χ2n) is 7.21. The highest BCUT2D eigenvalue weighted by molar-refractivity contribution is 7.13. The summed E-state index contributed by atoms with van der Waals surface area (Å²) in [4.78, 5) is 8.33. The van der Waals surface area contributed by atoms with Gasteiger partial charge in [-0.1, -0.05) is 36.4 Å². The molecule has 0 saturated carbocycles. The summed E-state index contributed by atoms with van der Waals surface area (Å²) in [5.74, 6) is 1.82. The number of thiophene rings is 1. The Bertz CT molecular complexity index is 1020. The largest absolute Gasteiger partial charge is 0.355 e. The zero-order valence-corrected chi connectivity index (χ0v) is 16.0. The van der Waals surface area contributed by atoms with Crippen molar-refractivity contribution in [2.24, 2.45) is 5.92 Å². The molecule has 0 bridgehead atoms. The first-order valence-corrected chi connectivity index (χ1v) is 10.4. The molecule has 1 aromatic carbocycles. The molecule has 5 rings (SSSR count). The zero-order chi connectivity index (χ0) is 18.1. The van der Waals surface area contributed by atoms with Gasteiger partial charge in [-0.05, 0) is 48.3 Å². The van der Waals surface area contributed by atoms with Gasteiger partial charge in [0.15, 0.2) is 5.82 Å². The van der Waals surface area contributed by atoms with Crippen LogP contribution in [0.2, 0.25) is 0 Å². The quantitative estimate of drug-likeness (QED) is 0.508. The molecule has 27 heavy (non-hydrogen) atoms. The molecule has 1 saturated heterocycles. The van der Waals surface area contributed by atoms with E-state index in [-0.39, 0.29) is 0 Å². The van der Waals surface area contributed by atoms with Crippen molar-refractivity contribution >= 4 is 22.7 Å². The average molecular weight is 375 g/mol. The van der Waals surface area contributed by atoms with Crippen LogP contribution in [0, 0.1) is 5.92 Å². The highest BCUT2D eigenvalue weighted by atomic mass is 32.1. The lowest BCUT2D eigenvalue weighted by atomic mass is 9.90. The maximum absolute atomic E-state index is 4.74. The van der Waals surface area contributed by atoms with Gasteiger partial charge in [0.05, 0.1) is 4.88 Å². The molecule has 0 radical (unpaired) electrons. The monoisotopic (exact) mass is 374 g/mol. The highest BCUT2D eigenvalue weighted by Crippen LogP contribution is 2.30. The molecule has 0 atom stereocenters. The van der Waals surface area contributed by atoms with Gasteiger partial charge in [0.1, 0.15) is 11.2 Å². The molecule has 136 valence electrons. The van der Waals surface area contributed by atoms with E-state index in [4.69, 9.17) is 10.1 Å². The molecule has 0 aliphatic carbocycles. The van der Waals surface area contributed by atoms with Crippen molar-refractivity contribution in [3.8, 4) is 10.6 Å². The molecule has 5 heteroatoms. The minimum atomic E-state index is 0.759. The van der Waals surface area contributed by atoms with Crippen LogP contribution >= 0.6 is 11.3 Å². The summed E-state index contributed by atoms with van der Waals surface area (Å²) >= 11 is 1.72. The lowest BCUT2D eigenvalue weighted by Gasteiger charge is -2.33. The molecule has 3 aromatic heterocycles. The number of anilines is 1. The Morgan fingerprint density at radius 1 is 1.04 bits per heavy atom. The number of aromatic nitrogens is 3. The Kier molecular flexibility index (Phi) is 4.38. The van der Waals surface area contributed by atoms with Crippen molar-refractivity contribution in [1.29, 1.82) is 0 Å². The molecular weight excluding hydrogens is 352 g/mol. The first kappa shape index (κ1) is 16.5. The molecular formula is C22H22N4S. The van der Waals surface area contributed by atoms with E-state index in [0.29, 0.717) is 0 Å². The van der Waals surface area contributed by atoms with E-state index < -0.39 is 0 Å². The lowest BCUT2D eigenvalue weighted by Crippen LogP contribution is -2.35. The van der Waals surface area contributed by atoms with Crippen LogP contribution in [0.1, 0.15) is 18.4 Å². The van der Waals surface area contributed by atoms with Crippen molar-refractivity contribution < 1.29 is 0 Å². The van der Waals surface area contributed by atoms with Crippen LogP contribution in [0.5, 0.6) is 0 Å². The standard InChI is InChI=1S/C22H22N4S/c1-2-5-17(6-3-1)15-18-8-11-25(12-9-18)22-20-16-19(21-7-4-14-27-21)24-26(20)13-10-23-22/h1-7,10,13-14,16,18H,8-9,11-12,15H2. The third-order valence-corrected chi connectivity index (χ3v) is 6.32. The van der Waals surface area contributed by atoms with Crippen molar-refractivity contribution in [3.63, 3.8) is 0 Å². The molecule has 4 nitrogen and oxygen atoms in total. The van der Waals surface area contributed by atoms with Crippen LogP contribution in [0.25, 0.3) is 16.1 Å². The normalized spacial score (nSPS) is 15.5. The Morgan fingerprint density at radius 3 is 2.67 bits per heavy atom. The number of hydrogen-bond donors (Lipinski definition) is 0. The van der Waals surface area contributed by atoms with Crippen LogP contribution in [-0.4, -0.2) is 27.7 Å². The third kappa shape index (κ3) is 3.35. The number of hydrogen-bond acceptors (Lipinski definition) is 4. The summed E-state index contributed by atoms with van der Waals surface area (Å²) in [7, 11) is 0. The maximum Gasteiger partial charge on any atom is 0.154 e. The Morgan fingerprint density at radius 2 is 1.89 bits per heavy atom. The van der Waals surface area contributed by atoms with Crippen molar-refractivity contribution in [3.05, 3.63) is 71.9 Å².